The molecule has 2 aromatic rings. The number of nitrogens with zero attached hydrogens (tertiary/aromatic N) is 3. The van der Waals surface area contributed by atoms with Crippen LogP contribution < -0.4 is 4.87 Å². The summed E-state index contributed by atoms with van der Waals surface area (Å²) in [6.45, 7) is 3.11. The van der Waals surface area contributed by atoms with Gasteiger partial charge < -0.3 is 9.88 Å². The zero-order chi connectivity index (χ0) is 15.5. The maximum absolute atomic E-state index is 11.8. The summed E-state index contributed by atoms with van der Waals surface area (Å²) < 4.78 is 0. The largest absolute Gasteiger partial charge is 0.312 e. The first-order chi connectivity index (χ1) is 10.6. The fourth-order valence-electron chi connectivity index (χ4n) is 3.01. The molecule has 0 radical (unpaired) electrons. The second-order valence-corrected chi connectivity index (χ2v) is 7.07. The quantitative estimate of drug-likeness (QED) is 0.937. The van der Waals surface area contributed by atoms with Crippen molar-refractivity contribution in [3.05, 3.63) is 39.1 Å². The van der Waals surface area contributed by atoms with Gasteiger partial charge in [-0.25, -0.2) is 0 Å². The minimum Gasteiger partial charge on any atom is -0.312 e. The Bertz CT molecular complexity index is 658. The number of pyridine rings is 1. The van der Waals surface area contributed by atoms with Crippen LogP contribution in [0.2, 0.25) is 0 Å². The molecule has 0 atom stereocenters. The number of hydrogen-bond donors (Lipinski definition) is 1. The summed E-state index contributed by atoms with van der Waals surface area (Å²) in [5.41, 5.74) is 1.97. The van der Waals surface area contributed by atoms with Crippen LogP contribution in [0.5, 0.6) is 0 Å². The summed E-state index contributed by atoms with van der Waals surface area (Å²) in [7, 11) is 4.34. The summed E-state index contributed by atoms with van der Waals surface area (Å²) in [4.78, 5) is 24.7. The first-order valence-electron chi connectivity index (χ1n) is 7.64. The van der Waals surface area contributed by atoms with E-state index < -0.39 is 0 Å². The van der Waals surface area contributed by atoms with Crippen LogP contribution in [-0.4, -0.2) is 53.0 Å². The molecule has 3 heterocycles. The van der Waals surface area contributed by atoms with Gasteiger partial charge in [-0.15, -0.1) is 0 Å². The number of aromatic nitrogens is 2. The van der Waals surface area contributed by atoms with E-state index in [1.807, 2.05) is 12.1 Å². The highest BCUT2D eigenvalue weighted by molar-refractivity contribution is 7.09. The molecule has 1 N–H and O–H groups in total. The van der Waals surface area contributed by atoms with Gasteiger partial charge in [0, 0.05) is 35.4 Å². The Hall–Kier alpha value is -1.50. The molecule has 0 saturated carbocycles. The fraction of sp³-hybridized carbons (Fsp3) is 0.500. The maximum atomic E-state index is 11.8. The predicted octanol–water partition coefficient (Wildman–Crippen LogP) is 2.02. The first kappa shape index (κ1) is 15.4. The van der Waals surface area contributed by atoms with Gasteiger partial charge in [0.2, 0.25) is 0 Å². The molecular weight excluding hydrogens is 296 g/mol. The summed E-state index contributed by atoms with van der Waals surface area (Å²) in [6, 6.07) is 4.48. The highest BCUT2D eigenvalue weighted by atomic mass is 32.1. The molecule has 118 valence electrons. The lowest BCUT2D eigenvalue weighted by Crippen LogP contribution is -2.41. The van der Waals surface area contributed by atoms with Crippen LogP contribution in [0.4, 0.5) is 0 Å². The van der Waals surface area contributed by atoms with Gasteiger partial charge in [0.05, 0.1) is 5.69 Å². The van der Waals surface area contributed by atoms with Crippen LogP contribution >= 0.6 is 11.3 Å². The lowest BCUT2D eigenvalue weighted by molar-refractivity contribution is 0.140. The Labute approximate surface area is 134 Å². The summed E-state index contributed by atoms with van der Waals surface area (Å²) in [5, 5.41) is 0. The zero-order valence-electron chi connectivity index (χ0n) is 13.1. The van der Waals surface area contributed by atoms with Crippen molar-refractivity contribution in [2.24, 2.45) is 0 Å². The average Bonchev–Trinajstić information content (AvgIpc) is 2.89. The van der Waals surface area contributed by atoms with E-state index in [1.165, 1.54) is 24.2 Å². The van der Waals surface area contributed by atoms with Crippen LogP contribution in [-0.2, 0) is 6.54 Å². The number of thiazole rings is 1. The molecule has 0 spiro atoms. The highest BCUT2D eigenvalue weighted by Gasteiger charge is 2.22. The SMILES string of the molecule is CN1CCC(N(C)Cc2sc(=O)[nH]c2-c2ccncc2)CC1. The van der Waals surface area contributed by atoms with E-state index in [0.717, 1.165) is 35.8 Å². The van der Waals surface area contributed by atoms with Gasteiger partial charge in [-0.3, -0.25) is 14.7 Å². The molecule has 1 aliphatic rings. The molecule has 6 heteroatoms. The number of aromatic amines is 1. The Kier molecular flexibility index (Phi) is 4.71. The summed E-state index contributed by atoms with van der Waals surface area (Å²) in [5.74, 6) is 0. The third kappa shape index (κ3) is 3.45. The van der Waals surface area contributed by atoms with E-state index >= 15 is 0 Å². The first-order valence-corrected chi connectivity index (χ1v) is 8.46. The van der Waals surface area contributed by atoms with Crippen LogP contribution in [0.3, 0.4) is 0 Å². The van der Waals surface area contributed by atoms with E-state index in [9.17, 15) is 4.79 Å². The van der Waals surface area contributed by atoms with Crippen molar-refractivity contribution in [1.29, 1.82) is 0 Å². The van der Waals surface area contributed by atoms with Crippen molar-refractivity contribution in [3.8, 4) is 11.3 Å². The normalized spacial score (nSPS) is 17.2. The molecule has 0 bridgehead atoms. The molecule has 1 aliphatic heterocycles. The smallest absolute Gasteiger partial charge is 0.305 e. The molecule has 0 amide bonds. The van der Waals surface area contributed by atoms with Crippen molar-refractivity contribution in [1.82, 2.24) is 19.8 Å². The molecule has 1 saturated heterocycles. The third-order valence-electron chi connectivity index (χ3n) is 4.40. The average molecular weight is 318 g/mol. The highest BCUT2D eigenvalue weighted by Crippen LogP contribution is 2.25. The number of rotatable bonds is 4. The second-order valence-electron chi connectivity index (χ2n) is 6.00. The van der Waals surface area contributed by atoms with Crippen LogP contribution in [0.1, 0.15) is 17.7 Å². The van der Waals surface area contributed by atoms with Gasteiger partial charge >= 0.3 is 4.87 Å². The third-order valence-corrected chi connectivity index (χ3v) is 5.26. The molecule has 0 aromatic carbocycles. The number of hydrogen-bond acceptors (Lipinski definition) is 5. The topological polar surface area (TPSA) is 52.2 Å². The van der Waals surface area contributed by atoms with Crippen molar-refractivity contribution in [2.75, 3.05) is 27.2 Å². The van der Waals surface area contributed by atoms with Crippen molar-refractivity contribution in [2.45, 2.75) is 25.4 Å². The fourth-order valence-corrected chi connectivity index (χ4v) is 3.93. The second kappa shape index (κ2) is 6.73. The van der Waals surface area contributed by atoms with Gasteiger partial charge in [0.15, 0.2) is 0 Å². The van der Waals surface area contributed by atoms with Gasteiger partial charge in [0.1, 0.15) is 0 Å². The minimum absolute atomic E-state index is 0.0126. The molecule has 22 heavy (non-hydrogen) atoms. The molecule has 2 aromatic heterocycles. The number of nitrogens with one attached hydrogen (secondary N) is 1. The van der Waals surface area contributed by atoms with E-state index in [4.69, 9.17) is 0 Å². The molecule has 1 fully saturated rings. The summed E-state index contributed by atoms with van der Waals surface area (Å²) in [6.07, 6.45) is 5.90. The molecular formula is C16H22N4OS. The van der Waals surface area contributed by atoms with Gasteiger partial charge in [-0.1, -0.05) is 11.3 Å². The van der Waals surface area contributed by atoms with Crippen LogP contribution in [0, 0.1) is 0 Å². The molecule has 5 nitrogen and oxygen atoms in total. The van der Waals surface area contributed by atoms with E-state index in [1.54, 1.807) is 12.4 Å². The van der Waals surface area contributed by atoms with Gasteiger partial charge in [-0.2, -0.15) is 0 Å². The lowest BCUT2D eigenvalue weighted by atomic mass is 10.0. The molecule has 3 rings (SSSR count). The standard InChI is InChI=1S/C16H22N4OS/c1-19-9-5-13(6-10-19)20(2)11-14-15(18-16(21)22-14)12-3-7-17-8-4-12/h3-4,7-8,13H,5-6,9-11H2,1-2H3,(H,18,21). The van der Waals surface area contributed by atoms with Gasteiger partial charge in [-0.05, 0) is 52.2 Å². The number of H-pyrrole nitrogens is 1. The Balaban J connectivity index is 1.77. The number of piperidine rings is 1. The van der Waals surface area contributed by atoms with E-state index in [-0.39, 0.29) is 4.87 Å². The number of likely N-dealkylation sites (tertiary alicyclic amines) is 1. The Morgan fingerprint density at radius 2 is 2.05 bits per heavy atom. The lowest BCUT2D eigenvalue weighted by Gasteiger charge is -2.35. The molecule has 0 aliphatic carbocycles. The predicted molar refractivity (Wildman–Crippen MR) is 90.2 cm³/mol. The van der Waals surface area contributed by atoms with Crippen molar-refractivity contribution >= 4 is 11.3 Å². The Morgan fingerprint density at radius 1 is 1.36 bits per heavy atom. The molecule has 0 unspecified atom stereocenters. The van der Waals surface area contributed by atoms with Crippen molar-refractivity contribution in [3.63, 3.8) is 0 Å². The monoisotopic (exact) mass is 318 g/mol. The summed E-state index contributed by atoms with van der Waals surface area (Å²) >= 11 is 1.32. The Morgan fingerprint density at radius 3 is 2.73 bits per heavy atom. The van der Waals surface area contributed by atoms with E-state index in [0.29, 0.717) is 6.04 Å². The van der Waals surface area contributed by atoms with E-state index in [2.05, 4.69) is 33.9 Å². The van der Waals surface area contributed by atoms with Gasteiger partial charge in [0.25, 0.3) is 0 Å². The zero-order valence-corrected chi connectivity index (χ0v) is 13.9. The van der Waals surface area contributed by atoms with Crippen LogP contribution in [0.15, 0.2) is 29.3 Å². The van der Waals surface area contributed by atoms with Crippen molar-refractivity contribution < 1.29 is 0 Å². The van der Waals surface area contributed by atoms with Crippen LogP contribution in [0.25, 0.3) is 11.3 Å². The minimum atomic E-state index is 0.0126. The maximum Gasteiger partial charge on any atom is 0.305 e.